The lowest BCUT2D eigenvalue weighted by atomic mass is 10.2. The van der Waals surface area contributed by atoms with E-state index in [0.29, 0.717) is 24.7 Å². The van der Waals surface area contributed by atoms with Crippen LogP contribution in [0.5, 0.6) is 0 Å². The Morgan fingerprint density at radius 2 is 2.08 bits per heavy atom. The Bertz CT molecular complexity index is 884. The number of nitrogens with zero attached hydrogens (tertiary/aromatic N) is 4. The monoisotopic (exact) mass is 383 g/mol. The largest absolute Gasteiger partial charge is 0.354 e. The molecule has 0 aliphatic heterocycles. The predicted octanol–water partition coefficient (Wildman–Crippen LogP) is 3.18. The highest BCUT2D eigenvalue weighted by molar-refractivity contribution is 7.99. The van der Waals surface area contributed by atoms with Gasteiger partial charge in [0.1, 0.15) is 0 Å². The van der Waals surface area contributed by atoms with Crippen LogP contribution < -0.4 is 5.32 Å². The lowest BCUT2D eigenvalue weighted by Crippen LogP contribution is -2.26. The first kappa shape index (κ1) is 18.2. The van der Waals surface area contributed by atoms with Gasteiger partial charge in [-0.3, -0.25) is 9.36 Å². The number of hydrogen-bond acceptors (Lipinski definition) is 6. The Morgan fingerprint density at radius 1 is 1.23 bits per heavy atom. The Balaban J connectivity index is 1.77. The van der Waals surface area contributed by atoms with E-state index < -0.39 is 0 Å². The van der Waals surface area contributed by atoms with E-state index in [1.54, 1.807) is 11.3 Å². The minimum absolute atomic E-state index is 0.114. The van der Waals surface area contributed by atoms with Crippen LogP contribution in [0.2, 0.25) is 0 Å². The fourth-order valence-electron chi connectivity index (χ4n) is 2.33. The van der Waals surface area contributed by atoms with E-state index in [1.807, 2.05) is 46.3 Å². The first-order valence-electron chi connectivity index (χ1n) is 8.05. The zero-order valence-electron chi connectivity index (χ0n) is 14.0. The van der Waals surface area contributed by atoms with E-state index in [1.165, 1.54) is 11.8 Å². The van der Waals surface area contributed by atoms with Gasteiger partial charge in [-0.1, -0.05) is 48.2 Å². The molecule has 0 atom stereocenters. The maximum absolute atomic E-state index is 11.9. The van der Waals surface area contributed by atoms with Crippen molar-refractivity contribution in [1.29, 1.82) is 5.26 Å². The molecule has 132 valence electrons. The van der Waals surface area contributed by atoms with Crippen molar-refractivity contribution in [3.05, 3.63) is 53.4 Å². The zero-order chi connectivity index (χ0) is 18.2. The van der Waals surface area contributed by atoms with E-state index in [2.05, 4.69) is 27.6 Å². The summed E-state index contributed by atoms with van der Waals surface area (Å²) in [5, 5.41) is 22.6. The molecule has 3 aromatic rings. The molecule has 0 saturated heterocycles. The zero-order valence-corrected chi connectivity index (χ0v) is 15.6. The number of carbonyl (C=O) groups excluding carboxylic acids is 1. The van der Waals surface area contributed by atoms with E-state index in [9.17, 15) is 4.79 Å². The summed E-state index contributed by atoms with van der Waals surface area (Å²) in [6.45, 7) is 1.01. The lowest BCUT2D eigenvalue weighted by molar-refractivity contribution is -0.118. The Hall–Kier alpha value is -2.63. The number of nitrogens with one attached hydrogen (secondary N) is 1. The summed E-state index contributed by atoms with van der Waals surface area (Å²) in [5.41, 5.74) is 1.14. The number of amides is 1. The van der Waals surface area contributed by atoms with Crippen LogP contribution in [0, 0.1) is 11.3 Å². The van der Waals surface area contributed by atoms with Crippen molar-refractivity contribution in [1.82, 2.24) is 20.1 Å². The molecule has 1 N–H and O–H groups in total. The van der Waals surface area contributed by atoms with Gasteiger partial charge >= 0.3 is 0 Å². The fraction of sp³-hybridized carbons (Fsp3) is 0.222. The van der Waals surface area contributed by atoms with Crippen molar-refractivity contribution in [3.63, 3.8) is 0 Å². The van der Waals surface area contributed by atoms with Crippen molar-refractivity contribution in [2.45, 2.75) is 18.1 Å². The summed E-state index contributed by atoms with van der Waals surface area (Å²) >= 11 is 2.96. The van der Waals surface area contributed by atoms with Crippen molar-refractivity contribution in [2.75, 3.05) is 12.3 Å². The molecular weight excluding hydrogens is 366 g/mol. The summed E-state index contributed by atoms with van der Waals surface area (Å²) in [6, 6.07) is 16.1. The quantitative estimate of drug-likeness (QED) is 0.477. The maximum atomic E-state index is 11.9. The van der Waals surface area contributed by atoms with Crippen molar-refractivity contribution >= 4 is 29.0 Å². The van der Waals surface area contributed by atoms with Gasteiger partial charge in [0.25, 0.3) is 0 Å². The first-order valence-corrected chi connectivity index (χ1v) is 9.92. The molecule has 2 heterocycles. The van der Waals surface area contributed by atoms with E-state index in [0.717, 1.165) is 16.3 Å². The number of rotatable bonds is 8. The van der Waals surface area contributed by atoms with Gasteiger partial charge in [-0.15, -0.1) is 21.5 Å². The van der Waals surface area contributed by atoms with Crippen LogP contribution >= 0.6 is 23.1 Å². The number of carbonyl (C=O) groups is 1. The summed E-state index contributed by atoms with van der Waals surface area (Å²) in [4.78, 5) is 12.9. The van der Waals surface area contributed by atoms with E-state index in [-0.39, 0.29) is 11.7 Å². The van der Waals surface area contributed by atoms with Crippen molar-refractivity contribution in [2.24, 2.45) is 0 Å². The highest BCUT2D eigenvalue weighted by atomic mass is 32.2. The third-order valence-electron chi connectivity index (χ3n) is 3.53. The number of nitriles is 1. The molecule has 0 unspecified atom stereocenters. The Kier molecular flexibility index (Phi) is 6.41. The van der Waals surface area contributed by atoms with Gasteiger partial charge in [0.2, 0.25) is 5.91 Å². The molecule has 0 saturated carbocycles. The molecule has 0 aliphatic carbocycles. The smallest absolute Gasteiger partial charge is 0.230 e. The molecule has 6 nitrogen and oxygen atoms in total. The van der Waals surface area contributed by atoms with Gasteiger partial charge in [0.05, 0.1) is 29.7 Å². The molecule has 0 radical (unpaired) electrons. The third kappa shape index (κ3) is 4.71. The fourth-order valence-corrected chi connectivity index (χ4v) is 3.82. The molecule has 1 amide bonds. The minimum atomic E-state index is -0.114. The molecular formula is C18H17N5OS2. The molecule has 0 spiro atoms. The third-order valence-corrected chi connectivity index (χ3v) is 5.37. The Labute approximate surface area is 159 Å². The van der Waals surface area contributed by atoms with E-state index in [4.69, 9.17) is 5.26 Å². The van der Waals surface area contributed by atoms with Crippen LogP contribution in [0.4, 0.5) is 0 Å². The molecule has 1 aromatic carbocycles. The van der Waals surface area contributed by atoms with Crippen LogP contribution in [0.25, 0.3) is 10.7 Å². The topological polar surface area (TPSA) is 83.6 Å². The molecule has 0 fully saturated rings. The second kappa shape index (κ2) is 9.17. The average Bonchev–Trinajstić information content (AvgIpc) is 3.31. The standard InChI is InChI=1S/C18H17N5OS2/c19-9-5-10-20-16(24)13-26-18-22-21-17(15-8-4-11-25-15)23(18)12-14-6-2-1-3-7-14/h1-4,6-8,11H,5,10,12-13H2,(H,20,24). The lowest BCUT2D eigenvalue weighted by Gasteiger charge is -2.09. The number of thiophene rings is 1. The SMILES string of the molecule is N#CCCNC(=O)CSc1nnc(-c2cccs2)n1Cc1ccccc1. The summed E-state index contributed by atoms with van der Waals surface area (Å²) in [6.07, 6.45) is 0.309. The van der Waals surface area contributed by atoms with Crippen LogP contribution in [0.1, 0.15) is 12.0 Å². The molecule has 0 aliphatic rings. The van der Waals surface area contributed by atoms with Crippen molar-refractivity contribution < 1.29 is 4.79 Å². The minimum Gasteiger partial charge on any atom is -0.354 e. The van der Waals surface area contributed by atoms with Gasteiger partial charge in [0.15, 0.2) is 11.0 Å². The van der Waals surface area contributed by atoms with E-state index >= 15 is 0 Å². The van der Waals surface area contributed by atoms with Crippen LogP contribution in [0.15, 0.2) is 53.0 Å². The summed E-state index contributed by atoms with van der Waals surface area (Å²) in [7, 11) is 0. The van der Waals surface area contributed by atoms with Crippen molar-refractivity contribution in [3.8, 4) is 16.8 Å². The number of thioether (sulfide) groups is 1. The highest BCUT2D eigenvalue weighted by Gasteiger charge is 2.16. The van der Waals surface area contributed by atoms with Crippen LogP contribution in [-0.2, 0) is 11.3 Å². The Morgan fingerprint density at radius 3 is 2.81 bits per heavy atom. The van der Waals surface area contributed by atoms with Gasteiger partial charge in [-0.2, -0.15) is 5.26 Å². The molecule has 26 heavy (non-hydrogen) atoms. The van der Waals surface area contributed by atoms with Gasteiger partial charge in [-0.25, -0.2) is 0 Å². The highest BCUT2D eigenvalue weighted by Crippen LogP contribution is 2.28. The molecule has 2 aromatic heterocycles. The number of aromatic nitrogens is 3. The van der Waals surface area contributed by atoms with Crippen LogP contribution in [0.3, 0.4) is 0 Å². The predicted molar refractivity (Wildman–Crippen MR) is 103 cm³/mol. The summed E-state index contributed by atoms with van der Waals surface area (Å²) in [5.74, 6) is 0.927. The van der Waals surface area contributed by atoms with Gasteiger partial charge < -0.3 is 5.32 Å². The van der Waals surface area contributed by atoms with Gasteiger partial charge in [0, 0.05) is 6.54 Å². The first-order chi connectivity index (χ1) is 12.8. The normalized spacial score (nSPS) is 10.4. The second-order valence-electron chi connectivity index (χ2n) is 5.40. The average molecular weight is 384 g/mol. The number of hydrogen-bond donors (Lipinski definition) is 1. The molecule has 3 rings (SSSR count). The molecule has 0 bridgehead atoms. The molecule has 8 heteroatoms. The maximum Gasteiger partial charge on any atom is 0.230 e. The van der Waals surface area contributed by atoms with Gasteiger partial charge in [-0.05, 0) is 17.0 Å². The number of benzene rings is 1. The summed E-state index contributed by atoms with van der Waals surface area (Å²) < 4.78 is 2.04. The second-order valence-corrected chi connectivity index (χ2v) is 7.29. The van der Waals surface area contributed by atoms with Crippen LogP contribution in [-0.4, -0.2) is 33.0 Å².